The number of Topliss-reactive ketones (excluding diaryl/α,β-unsaturated/α-hetero) is 2. The van der Waals surface area contributed by atoms with Crippen LogP contribution in [-0.2, 0) is 23.9 Å². The van der Waals surface area contributed by atoms with Crippen LogP contribution in [0.25, 0.3) is 0 Å². The molecule has 0 aromatic rings. The van der Waals surface area contributed by atoms with Gasteiger partial charge in [0, 0.05) is 19.5 Å². The standard InChI is InChI=1S/C14H21NO6/c1-5-20-12(18)11(17)9-8-15(7-6-10(9)16)13(19)21-14(2,3)4/h9H,5-8H2,1-4H3/t9-/m1/s1. The number of likely N-dealkylation sites (tertiary alicyclic amines) is 1. The van der Waals surface area contributed by atoms with Crippen LogP contribution in [0.2, 0.25) is 0 Å². The first-order chi connectivity index (χ1) is 9.65. The van der Waals surface area contributed by atoms with E-state index in [4.69, 9.17) is 4.74 Å². The van der Waals surface area contributed by atoms with E-state index in [1.807, 2.05) is 0 Å². The lowest BCUT2D eigenvalue weighted by Crippen LogP contribution is -2.49. The van der Waals surface area contributed by atoms with Crippen molar-refractivity contribution >= 4 is 23.6 Å². The minimum Gasteiger partial charge on any atom is -0.460 e. The summed E-state index contributed by atoms with van der Waals surface area (Å²) in [5, 5.41) is 0. The number of carbonyl (C=O) groups is 4. The highest BCUT2D eigenvalue weighted by Crippen LogP contribution is 2.18. The van der Waals surface area contributed by atoms with Crippen molar-refractivity contribution in [2.24, 2.45) is 5.92 Å². The van der Waals surface area contributed by atoms with E-state index >= 15 is 0 Å². The molecule has 1 fully saturated rings. The van der Waals surface area contributed by atoms with Gasteiger partial charge in [-0.1, -0.05) is 0 Å². The molecule has 1 atom stereocenters. The normalized spacial score (nSPS) is 19.1. The molecule has 0 bridgehead atoms. The summed E-state index contributed by atoms with van der Waals surface area (Å²) in [6.45, 7) is 6.83. The van der Waals surface area contributed by atoms with Gasteiger partial charge in [0.25, 0.3) is 5.78 Å². The number of piperidine rings is 1. The van der Waals surface area contributed by atoms with Gasteiger partial charge in [0.1, 0.15) is 17.3 Å². The number of amides is 1. The number of esters is 1. The summed E-state index contributed by atoms with van der Waals surface area (Å²) in [7, 11) is 0. The van der Waals surface area contributed by atoms with Crippen molar-refractivity contribution in [2.75, 3.05) is 19.7 Å². The van der Waals surface area contributed by atoms with Crippen LogP contribution < -0.4 is 0 Å². The van der Waals surface area contributed by atoms with E-state index in [1.165, 1.54) is 4.90 Å². The number of ketones is 2. The Morgan fingerprint density at radius 2 is 1.90 bits per heavy atom. The van der Waals surface area contributed by atoms with Crippen LogP contribution in [-0.4, -0.2) is 53.8 Å². The fourth-order valence-electron chi connectivity index (χ4n) is 1.90. The second-order valence-corrected chi connectivity index (χ2v) is 5.78. The van der Waals surface area contributed by atoms with Gasteiger partial charge in [-0.05, 0) is 27.7 Å². The van der Waals surface area contributed by atoms with E-state index in [0.29, 0.717) is 0 Å². The zero-order valence-corrected chi connectivity index (χ0v) is 12.8. The first-order valence-electron chi connectivity index (χ1n) is 6.87. The quantitative estimate of drug-likeness (QED) is 0.438. The zero-order chi connectivity index (χ0) is 16.2. The van der Waals surface area contributed by atoms with Crippen LogP contribution in [0, 0.1) is 5.92 Å². The minimum atomic E-state index is -1.16. The molecule has 0 aliphatic carbocycles. The molecular formula is C14H21NO6. The maximum atomic E-state index is 11.9. The third-order valence-electron chi connectivity index (χ3n) is 2.86. The molecule has 0 spiro atoms. The molecule has 0 unspecified atom stereocenters. The molecule has 0 aromatic heterocycles. The van der Waals surface area contributed by atoms with E-state index in [1.54, 1.807) is 27.7 Å². The average molecular weight is 299 g/mol. The molecule has 7 heteroatoms. The molecule has 1 heterocycles. The topological polar surface area (TPSA) is 90.0 Å². The maximum Gasteiger partial charge on any atom is 0.410 e. The van der Waals surface area contributed by atoms with E-state index < -0.39 is 29.4 Å². The first kappa shape index (κ1) is 17.1. The molecule has 0 radical (unpaired) electrons. The molecule has 1 amide bonds. The van der Waals surface area contributed by atoms with Gasteiger partial charge >= 0.3 is 12.1 Å². The number of hydrogen-bond acceptors (Lipinski definition) is 6. The number of hydrogen-bond donors (Lipinski definition) is 0. The van der Waals surface area contributed by atoms with Gasteiger partial charge in [0.15, 0.2) is 0 Å². The number of ether oxygens (including phenoxy) is 2. The predicted molar refractivity (Wildman–Crippen MR) is 72.6 cm³/mol. The van der Waals surface area contributed by atoms with Crippen molar-refractivity contribution in [3.05, 3.63) is 0 Å². The molecule has 1 rings (SSSR count). The fourth-order valence-corrected chi connectivity index (χ4v) is 1.90. The van der Waals surface area contributed by atoms with E-state index in [0.717, 1.165) is 0 Å². The minimum absolute atomic E-state index is 0.0229. The molecule has 118 valence electrons. The lowest BCUT2D eigenvalue weighted by Gasteiger charge is -2.32. The second kappa shape index (κ2) is 6.69. The van der Waals surface area contributed by atoms with E-state index in [-0.39, 0.29) is 31.9 Å². The monoisotopic (exact) mass is 299 g/mol. The lowest BCUT2D eigenvalue weighted by atomic mass is 9.92. The molecule has 1 saturated heterocycles. The summed E-state index contributed by atoms with van der Waals surface area (Å²) in [6, 6.07) is 0. The van der Waals surface area contributed by atoms with Crippen molar-refractivity contribution in [3.63, 3.8) is 0 Å². The van der Waals surface area contributed by atoms with Crippen LogP contribution in [0.1, 0.15) is 34.1 Å². The smallest absolute Gasteiger partial charge is 0.410 e. The highest BCUT2D eigenvalue weighted by molar-refractivity contribution is 6.38. The fraction of sp³-hybridized carbons (Fsp3) is 0.714. The predicted octanol–water partition coefficient (Wildman–Crippen LogP) is 0.945. The van der Waals surface area contributed by atoms with Gasteiger partial charge in [-0.15, -0.1) is 0 Å². The first-order valence-corrected chi connectivity index (χ1v) is 6.87. The van der Waals surface area contributed by atoms with Crippen molar-refractivity contribution in [2.45, 2.75) is 39.7 Å². The molecule has 21 heavy (non-hydrogen) atoms. The highest BCUT2D eigenvalue weighted by atomic mass is 16.6. The Morgan fingerprint density at radius 3 is 2.43 bits per heavy atom. The molecule has 0 saturated carbocycles. The lowest BCUT2D eigenvalue weighted by molar-refractivity contribution is -0.157. The molecule has 0 aromatic carbocycles. The Hall–Kier alpha value is -1.92. The largest absolute Gasteiger partial charge is 0.460 e. The summed E-state index contributed by atoms with van der Waals surface area (Å²) >= 11 is 0. The summed E-state index contributed by atoms with van der Waals surface area (Å²) in [6.07, 6.45) is -0.577. The van der Waals surface area contributed by atoms with Crippen LogP contribution in [0.3, 0.4) is 0 Å². The molecule has 1 aliphatic rings. The van der Waals surface area contributed by atoms with Gasteiger partial charge < -0.3 is 14.4 Å². The molecular weight excluding hydrogens is 278 g/mol. The van der Waals surface area contributed by atoms with Crippen LogP contribution in [0.4, 0.5) is 4.79 Å². The highest BCUT2D eigenvalue weighted by Gasteiger charge is 2.39. The van der Waals surface area contributed by atoms with Crippen molar-refractivity contribution < 1.29 is 28.7 Å². The van der Waals surface area contributed by atoms with Crippen LogP contribution in [0.5, 0.6) is 0 Å². The third kappa shape index (κ3) is 4.84. The Bertz CT molecular complexity index is 451. The number of nitrogens with zero attached hydrogens (tertiary/aromatic N) is 1. The molecule has 1 aliphatic heterocycles. The number of rotatable bonds is 3. The van der Waals surface area contributed by atoms with Gasteiger partial charge in [0.2, 0.25) is 0 Å². The Labute approximate surface area is 123 Å². The van der Waals surface area contributed by atoms with Crippen LogP contribution >= 0.6 is 0 Å². The van der Waals surface area contributed by atoms with Crippen LogP contribution in [0.15, 0.2) is 0 Å². The van der Waals surface area contributed by atoms with Gasteiger partial charge in [-0.2, -0.15) is 0 Å². The second-order valence-electron chi connectivity index (χ2n) is 5.78. The third-order valence-corrected chi connectivity index (χ3v) is 2.86. The van der Waals surface area contributed by atoms with E-state index in [9.17, 15) is 19.2 Å². The van der Waals surface area contributed by atoms with Crippen molar-refractivity contribution in [1.29, 1.82) is 0 Å². The van der Waals surface area contributed by atoms with Crippen molar-refractivity contribution in [3.8, 4) is 0 Å². The zero-order valence-electron chi connectivity index (χ0n) is 12.8. The summed E-state index contributed by atoms with van der Waals surface area (Å²) < 4.78 is 9.80. The average Bonchev–Trinajstić information content (AvgIpc) is 2.36. The maximum absolute atomic E-state index is 11.9. The van der Waals surface area contributed by atoms with Gasteiger partial charge in [0.05, 0.1) is 6.61 Å². The summed E-state index contributed by atoms with van der Waals surface area (Å²) in [5.41, 5.74) is -0.667. The number of carbonyl (C=O) groups excluding carboxylic acids is 4. The SMILES string of the molecule is CCOC(=O)C(=O)[C@@H]1CN(C(=O)OC(C)(C)C)CCC1=O. The van der Waals surface area contributed by atoms with Gasteiger partial charge in [-0.3, -0.25) is 9.59 Å². The summed E-state index contributed by atoms with van der Waals surface area (Å²) in [4.78, 5) is 48.3. The summed E-state index contributed by atoms with van der Waals surface area (Å²) in [5.74, 6) is -3.46. The Balaban J connectivity index is 2.74. The van der Waals surface area contributed by atoms with Crippen molar-refractivity contribution in [1.82, 2.24) is 4.90 Å². The Morgan fingerprint density at radius 1 is 1.29 bits per heavy atom. The Kier molecular flexibility index (Phi) is 5.46. The van der Waals surface area contributed by atoms with E-state index in [2.05, 4.69) is 4.74 Å². The van der Waals surface area contributed by atoms with Gasteiger partial charge in [-0.25, -0.2) is 9.59 Å². The molecule has 7 nitrogen and oxygen atoms in total. The molecule has 0 N–H and O–H groups in total.